The SMILES string of the molecule is COC(=O)c1cc(Cl)c(C)c(S(=O)(=O)N[C@H](C)C(=O)O)c1. The molecule has 1 aromatic carbocycles. The van der Waals surface area contributed by atoms with Crippen molar-refractivity contribution in [2.24, 2.45) is 0 Å². The third-order valence-electron chi connectivity index (χ3n) is 2.71. The average molecular weight is 336 g/mol. The second-order valence-corrected chi connectivity index (χ2v) is 6.34. The molecule has 0 saturated heterocycles. The van der Waals surface area contributed by atoms with Gasteiger partial charge in [0.25, 0.3) is 0 Å². The Hall–Kier alpha value is -1.64. The lowest BCUT2D eigenvalue weighted by Gasteiger charge is -2.14. The van der Waals surface area contributed by atoms with E-state index in [1.807, 2.05) is 4.72 Å². The fourth-order valence-electron chi connectivity index (χ4n) is 1.52. The number of carboxylic acids is 1. The minimum absolute atomic E-state index is 0.0450. The number of carbonyl (C=O) groups excluding carboxylic acids is 1. The highest BCUT2D eigenvalue weighted by molar-refractivity contribution is 7.89. The lowest BCUT2D eigenvalue weighted by molar-refractivity contribution is -0.138. The lowest BCUT2D eigenvalue weighted by atomic mass is 10.1. The van der Waals surface area contributed by atoms with Crippen LogP contribution in [0.4, 0.5) is 0 Å². The molecule has 0 bridgehead atoms. The van der Waals surface area contributed by atoms with E-state index in [-0.39, 0.29) is 21.0 Å². The third kappa shape index (κ3) is 3.93. The first-order chi connectivity index (χ1) is 9.60. The van der Waals surface area contributed by atoms with Crippen LogP contribution in [-0.4, -0.2) is 38.6 Å². The molecular formula is C12H14ClNO6S. The lowest BCUT2D eigenvalue weighted by Crippen LogP contribution is -2.38. The maximum atomic E-state index is 12.2. The summed E-state index contributed by atoms with van der Waals surface area (Å²) in [5, 5.41) is 8.83. The summed E-state index contributed by atoms with van der Waals surface area (Å²) in [6.45, 7) is 2.63. The van der Waals surface area contributed by atoms with Gasteiger partial charge in [-0.25, -0.2) is 13.2 Å². The molecule has 0 unspecified atom stereocenters. The van der Waals surface area contributed by atoms with Crippen LogP contribution < -0.4 is 4.72 Å². The number of esters is 1. The molecular weight excluding hydrogens is 322 g/mol. The Bertz CT molecular complexity index is 685. The van der Waals surface area contributed by atoms with Crippen molar-refractivity contribution >= 4 is 33.6 Å². The van der Waals surface area contributed by atoms with Gasteiger partial charge in [-0.1, -0.05) is 11.6 Å². The smallest absolute Gasteiger partial charge is 0.337 e. The van der Waals surface area contributed by atoms with Crippen LogP contribution in [0.3, 0.4) is 0 Å². The van der Waals surface area contributed by atoms with Gasteiger partial charge in [-0.15, -0.1) is 0 Å². The fourth-order valence-corrected chi connectivity index (χ4v) is 3.28. The van der Waals surface area contributed by atoms with Crippen molar-refractivity contribution in [1.82, 2.24) is 4.72 Å². The van der Waals surface area contributed by atoms with Crippen molar-refractivity contribution < 1.29 is 27.9 Å². The van der Waals surface area contributed by atoms with E-state index in [1.165, 1.54) is 19.9 Å². The van der Waals surface area contributed by atoms with E-state index in [1.54, 1.807) is 0 Å². The zero-order valence-corrected chi connectivity index (χ0v) is 13.1. The number of carboxylic acid groups (broad SMARTS) is 1. The Morgan fingerprint density at radius 1 is 1.38 bits per heavy atom. The molecule has 1 atom stereocenters. The number of halogens is 1. The van der Waals surface area contributed by atoms with E-state index in [0.717, 1.165) is 13.2 Å². The van der Waals surface area contributed by atoms with Crippen molar-refractivity contribution in [2.75, 3.05) is 7.11 Å². The highest BCUT2D eigenvalue weighted by Crippen LogP contribution is 2.26. The molecule has 116 valence electrons. The second kappa shape index (κ2) is 6.42. The van der Waals surface area contributed by atoms with Crippen LogP contribution >= 0.6 is 11.6 Å². The maximum absolute atomic E-state index is 12.2. The highest BCUT2D eigenvalue weighted by Gasteiger charge is 2.25. The number of ether oxygens (including phenoxy) is 1. The van der Waals surface area contributed by atoms with Crippen molar-refractivity contribution in [3.8, 4) is 0 Å². The first kappa shape index (κ1) is 17.4. The van der Waals surface area contributed by atoms with Crippen LogP contribution in [0.5, 0.6) is 0 Å². The molecule has 0 radical (unpaired) electrons. The number of carbonyl (C=O) groups is 2. The van der Waals surface area contributed by atoms with Crippen LogP contribution in [0.1, 0.15) is 22.8 Å². The maximum Gasteiger partial charge on any atom is 0.337 e. The van der Waals surface area contributed by atoms with Crippen LogP contribution in [0.2, 0.25) is 5.02 Å². The summed E-state index contributed by atoms with van der Waals surface area (Å²) in [4.78, 5) is 22.0. The zero-order valence-electron chi connectivity index (χ0n) is 11.5. The molecule has 2 N–H and O–H groups in total. The summed E-state index contributed by atoms with van der Waals surface area (Å²) in [5.74, 6) is -2.08. The quantitative estimate of drug-likeness (QED) is 0.782. The van der Waals surface area contributed by atoms with Crippen LogP contribution in [0.15, 0.2) is 17.0 Å². The predicted molar refractivity (Wildman–Crippen MR) is 74.9 cm³/mol. The largest absolute Gasteiger partial charge is 0.480 e. The molecule has 21 heavy (non-hydrogen) atoms. The molecule has 1 rings (SSSR count). The van der Waals surface area contributed by atoms with Gasteiger partial charge in [0.05, 0.1) is 17.6 Å². The Balaban J connectivity index is 3.38. The van der Waals surface area contributed by atoms with Crippen LogP contribution in [0.25, 0.3) is 0 Å². The summed E-state index contributed by atoms with van der Waals surface area (Å²) in [5.41, 5.74) is 0.158. The molecule has 0 amide bonds. The zero-order chi connectivity index (χ0) is 16.4. The van der Waals surface area contributed by atoms with Crippen molar-refractivity contribution in [2.45, 2.75) is 24.8 Å². The van der Waals surface area contributed by atoms with Gasteiger partial charge >= 0.3 is 11.9 Å². The molecule has 0 aromatic heterocycles. The van der Waals surface area contributed by atoms with Gasteiger partial charge in [-0.3, -0.25) is 4.79 Å². The molecule has 0 aliphatic carbocycles. The van der Waals surface area contributed by atoms with E-state index >= 15 is 0 Å². The van der Waals surface area contributed by atoms with Gasteiger partial charge in [-0.2, -0.15) is 4.72 Å². The highest BCUT2D eigenvalue weighted by atomic mass is 35.5. The van der Waals surface area contributed by atoms with Crippen LogP contribution in [-0.2, 0) is 19.6 Å². The third-order valence-corrected chi connectivity index (χ3v) is 4.77. The Morgan fingerprint density at radius 3 is 2.43 bits per heavy atom. The minimum atomic E-state index is -4.15. The average Bonchev–Trinajstić information content (AvgIpc) is 2.39. The van der Waals surface area contributed by atoms with E-state index in [2.05, 4.69) is 4.74 Å². The summed E-state index contributed by atoms with van der Waals surface area (Å²) in [7, 11) is -3.00. The number of sulfonamides is 1. The first-order valence-corrected chi connectivity index (χ1v) is 7.60. The summed E-state index contributed by atoms with van der Waals surface area (Å²) >= 11 is 5.91. The molecule has 0 heterocycles. The number of aliphatic carboxylic acids is 1. The topological polar surface area (TPSA) is 110 Å². The Morgan fingerprint density at radius 2 is 1.95 bits per heavy atom. The van der Waals surface area contributed by atoms with Crippen LogP contribution in [0, 0.1) is 6.92 Å². The molecule has 0 fully saturated rings. The van der Waals surface area contributed by atoms with Gasteiger partial charge < -0.3 is 9.84 Å². The molecule has 9 heteroatoms. The molecule has 1 aromatic rings. The normalized spacial score (nSPS) is 12.8. The monoisotopic (exact) mass is 335 g/mol. The van der Waals surface area contributed by atoms with Gasteiger partial charge in [0.2, 0.25) is 10.0 Å². The van der Waals surface area contributed by atoms with E-state index in [9.17, 15) is 18.0 Å². The minimum Gasteiger partial charge on any atom is -0.480 e. The number of rotatable bonds is 5. The second-order valence-electron chi connectivity index (χ2n) is 4.25. The predicted octanol–water partition coefficient (Wildman–Crippen LogP) is 1.19. The van der Waals surface area contributed by atoms with Gasteiger partial charge in [-0.05, 0) is 31.5 Å². The molecule has 7 nitrogen and oxygen atoms in total. The molecule has 0 aliphatic rings. The number of methoxy groups -OCH3 is 1. The summed E-state index contributed by atoms with van der Waals surface area (Å²) in [6.07, 6.45) is 0. The Labute approximate surface area is 126 Å². The molecule has 0 saturated carbocycles. The van der Waals surface area contributed by atoms with Crippen molar-refractivity contribution in [3.05, 3.63) is 28.3 Å². The number of nitrogens with one attached hydrogen (secondary N) is 1. The van der Waals surface area contributed by atoms with Crippen molar-refractivity contribution in [3.63, 3.8) is 0 Å². The molecule has 0 spiro atoms. The Kier molecular flexibility index (Phi) is 5.32. The first-order valence-electron chi connectivity index (χ1n) is 5.73. The fraction of sp³-hybridized carbons (Fsp3) is 0.333. The number of hydrogen-bond donors (Lipinski definition) is 2. The number of benzene rings is 1. The molecule has 0 aliphatic heterocycles. The van der Waals surface area contributed by atoms with Gasteiger partial charge in [0, 0.05) is 5.02 Å². The van der Waals surface area contributed by atoms with E-state index < -0.39 is 28.0 Å². The van der Waals surface area contributed by atoms with Crippen molar-refractivity contribution in [1.29, 1.82) is 0 Å². The van der Waals surface area contributed by atoms with E-state index in [0.29, 0.717) is 0 Å². The standard InChI is InChI=1S/C12H14ClNO6S/c1-6-9(13)4-8(12(17)20-3)5-10(6)21(18,19)14-7(2)11(15)16/h4-5,7,14H,1-3H3,(H,15,16)/t7-/m1/s1. The van der Waals surface area contributed by atoms with Gasteiger partial charge in [0.1, 0.15) is 6.04 Å². The number of hydrogen-bond acceptors (Lipinski definition) is 5. The van der Waals surface area contributed by atoms with Gasteiger partial charge in [0.15, 0.2) is 0 Å². The summed E-state index contributed by atoms with van der Waals surface area (Å²) < 4.78 is 30.9. The summed E-state index contributed by atoms with van der Waals surface area (Å²) in [6, 6.07) is 1.04. The van der Waals surface area contributed by atoms with E-state index in [4.69, 9.17) is 16.7 Å².